The summed E-state index contributed by atoms with van der Waals surface area (Å²) in [4.78, 5) is 12.4. The molecule has 0 spiro atoms. The zero-order chi connectivity index (χ0) is 17.9. The van der Waals surface area contributed by atoms with Crippen LogP contribution in [0.3, 0.4) is 0 Å². The van der Waals surface area contributed by atoms with Crippen LogP contribution in [0.15, 0.2) is 23.0 Å². The first kappa shape index (κ1) is 17.8. The summed E-state index contributed by atoms with van der Waals surface area (Å²) >= 11 is 0. The van der Waals surface area contributed by atoms with Gasteiger partial charge in [-0.2, -0.15) is 10.4 Å². The molecule has 1 atom stereocenters. The van der Waals surface area contributed by atoms with E-state index in [-0.39, 0.29) is 17.7 Å². The highest BCUT2D eigenvalue weighted by Gasteiger charge is 2.19. The maximum absolute atomic E-state index is 13.7. The van der Waals surface area contributed by atoms with Crippen LogP contribution in [0.2, 0.25) is 0 Å². The number of rotatable bonds is 5. The molecule has 0 amide bonds. The summed E-state index contributed by atoms with van der Waals surface area (Å²) in [6.45, 7) is 3.28. The molecule has 0 aliphatic rings. The number of benzene rings is 1. The standard InChI is InChI=1S/C17H17F2N3O2/c1-3-11-13(8-20)17(24)22(21-15(11)4-2)9-16(23)12-7-10(18)5-6-14(12)19/h5-7,16,23H,3-4,9H2,1-2H3. The Kier molecular flexibility index (Phi) is 5.42. The van der Waals surface area contributed by atoms with Crippen LogP contribution in [0.5, 0.6) is 0 Å². The van der Waals surface area contributed by atoms with Crippen molar-refractivity contribution in [3.8, 4) is 6.07 Å². The van der Waals surface area contributed by atoms with Gasteiger partial charge in [-0.15, -0.1) is 0 Å². The van der Waals surface area contributed by atoms with E-state index in [1.54, 1.807) is 0 Å². The first-order valence-corrected chi connectivity index (χ1v) is 7.58. The fourth-order valence-electron chi connectivity index (χ4n) is 2.59. The summed E-state index contributed by atoms with van der Waals surface area (Å²) in [6.07, 6.45) is -0.478. The van der Waals surface area contributed by atoms with E-state index in [4.69, 9.17) is 0 Å². The number of aliphatic hydroxyl groups is 1. The zero-order valence-corrected chi connectivity index (χ0v) is 13.4. The third-order valence-corrected chi connectivity index (χ3v) is 3.80. The Labute approximate surface area is 137 Å². The Morgan fingerprint density at radius 2 is 2.04 bits per heavy atom. The number of hydrogen-bond acceptors (Lipinski definition) is 4. The van der Waals surface area contributed by atoms with Gasteiger partial charge in [-0.3, -0.25) is 4.79 Å². The van der Waals surface area contributed by atoms with Gasteiger partial charge >= 0.3 is 0 Å². The minimum atomic E-state index is -1.46. The Hall–Kier alpha value is -2.59. The zero-order valence-electron chi connectivity index (χ0n) is 13.4. The largest absolute Gasteiger partial charge is 0.386 e. The number of aromatic nitrogens is 2. The highest BCUT2D eigenvalue weighted by Crippen LogP contribution is 2.20. The lowest BCUT2D eigenvalue weighted by molar-refractivity contribution is 0.144. The predicted molar refractivity (Wildman–Crippen MR) is 83.3 cm³/mol. The van der Waals surface area contributed by atoms with Gasteiger partial charge in [-0.05, 0) is 36.6 Å². The number of hydrogen-bond donors (Lipinski definition) is 1. The molecule has 2 aromatic rings. The molecule has 0 aliphatic carbocycles. The third kappa shape index (κ3) is 3.34. The summed E-state index contributed by atoms with van der Waals surface area (Å²) < 4.78 is 27.9. The molecule has 1 N–H and O–H groups in total. The van der Waals surface area contributed by atoms with Gasteiger partial charge in [0, 0.05) is 5.56 Å². The molecule has 1 heterocycles. The van der Waals surface area contributed by atoms with Crippen LogP contribution in [0.25, 0.3) is 0 Å². The SMILES string of the molecule is CCc1nn(CC(O)c2cc(F)ccc2F)c(=O)c(C#N)c1CC. The Bertz CT molecular complexity index is 856. The van der Waals surface area contributed by atoms with E-state index in [0.717, 1.165) is 22.9 Å². The molecule has 0 radical (unpaired) electrons. The highest BCUT2D eigenvalue weighted by molar-refractivity contribution is 5.38. The van der Waals surface area contributed by atoms with E-state index >= 15 is 0 Å². The van der Waals surface area contributed by atoms with Crippen molar-refractivity contribution in [2.24, 2.45) is 0 Å². The quantitative estimate of drug-likeness (QED) is 0.910. The number of aliphatic hydroxyl groups excluding tert-OH is 1. The molecule has 126 valence electrons. The topological polar surface area (TPSA) is 78.9 Å². The molecule has 1 aromatic heterocycles. The second-order valence-electron chi connectivity index (χ2n) is 5.29. The van der Waals surface area contributed by atoms with Crippen molar-refractivity contribution in [3.63, 3.8) is 0 Å². The van der Waals surface area contributed by atoms with Crippen LogP contribution < -0.4 is 5.56 Å². The van der Waals surface area contributed by atoms with Crippen molar-refractivity contribution in [2.45, 2.75) is 39.3 Å². The average molecular weight is 333 g/mol. The predicted octanol–water partition coefficient (Wildman–Crippen LogP) is 2.25. The monoisotopic (exact) mass is 333 g/mol. The molecule has 24 heavy (non-hydrogen) atoms. The molecule has 0 saturated carbocycles. The van der Waals surface area contributed by atoms with Crippen LogP contribution >= 0.6 is 0 Å². The average Bonchev–Trinajstić information content (AvgIpc) is 2.57. The summed E-state index contributed by atoms with van der Waals surface area (Å²) in [5.41, 5.74) is 0.201. The Morgan fingerprint density at radius 3 is 2.62 bits per heavy atom. The fourth-order valence-corrected chi connectivity index (χ4v) is 2.59. The Morgan fingerprint density at radius 1 is 1.33 bits per heavy atom. The second-order valence-corrected chi connectivity index (χ2v) is 5.29. The van der Waals surface area contributed by atoms with Gasteiger partial charge in [0.2, 0.25) is 0 Å². The molecule has 2 rings (SSSR count). The fraction of sp³-hybridized carbons (Fsp3) is 0.353. The van der Waals surface area contributed by atoms with Gasteiger partial charge in [-0.1, -0.05) is 13.8 Å². The van der Waals surface area contributed by atoms with Crippen LogP contribution in [0.4, 0.5) is 8.78 Å². The van der Waals surface area contributed by atoms with Gasteiger partial charge in [0.1, 0.15) is 29.4 Å². The molecule has 7 heteroatoms. The minimum absolute atomic E-state index is 0.0312. The van der Waals surface area contributed by atoms with Gasteiger partial charge in [0.15, 0.2) is 0 Å². The van der Waals surface area contributed by atoms with Crippen molar-refractivity contribution < 1.29 is 13.9 Å². The van der Waals surface area contributed by atoms with E-state index in [9.17, 15) is 23.9 Å². The van der Waals surface area contributed by atoms with E-state index in [0.29, 0.717) is 24.1 Å². The molecule has 0 saturated heterocycles. The molecular weight excluding hydrogens is 316 g/mol. The maximum atomic E-state index is 13.7. The normalized spacial score (nSPS) is 12.0. The van der Waals surface area contributed by atoms with Crippen LogP contribution in [0.1, 0.15) is 42.3 Å². The molecular formula is C17H17F2N3O2. The van der Waals surface area contributed by atoms with Gasteiger partial charge < -0.3 is 5.11 Å². The molecule has 1 unspecified atom stereocenters. The smallest absolute Gasteiger partial charge is 0.285 e. The minimum Gasteiger partial charge on any atom is -0.386 e. The van der Waals surface area contributed by atoms with E-state index < -0.39 is 23.3 Å². The summed E-state index contributed by atoms with van der Waals surface area (Å²) in [6, 6.07) is 4.59. The van der Waals surface area contributed by atoms with Crippen molar-refractivity contribution in [2.75, 3.05) is 0 Å². The first-order valence-electron chi connectivity index (χ1n) is 7.58. The van der Waals surface area contributed by atoms with Crippen LogP contribution in [-0.2, 0) is 19.4 Å². The van der Waals surface area contributed by atoms with E-state index in [2.05, 4.69) is 5.10 Å². The lowest BCUT2D eigenvalue weighted by atomic mass is 10.0. The first-order chi connectivity index (χ1) is 11.4. The van der Waals surface area contributed by atoms with Crippen LogP contribution in [0, 0.1) is 23.0 Å². The van der Waals surface area contributed by atoms with E-state index in [1.165, 1.54) is 0 Å². The molecule has 0 fully saturated rings. The molecule has 0 bridgehead atoms. The van der Waals surface area contributed by atoms with Crippen molar-refractivity contribution in [3.05, 3.63) is 62.6 Å². The highest BCUT2D eigenvalue weighted by atomic mass is 19.1. The van der Waals surface area contributed by atoms with E-state index in [1.807, 2.05) is 19.9 Å². The third-order valence-electron chi connectivity index (χ3n) is 3.80. The summed E-state index contributed by atoms with van der Waals surface area (Å²) in [5.74, 6) is -1.47. The van der Waals surface area contributed by atoms with Crippen molar-refractivity contribution in [1.29, 1.82) is 5.26 Å². The van der Waals surface area contributed by atoms with Gasteiger partial charge in [0.25, 0.3) is 5.56 Å². The van der Waals surface area contributed by atoms with Gasteiger partial charge in [0.05, 0.1) is 12.2 Å². The summed E-state index contributed by atoms with van der Waals surface area (Å²) in [5, 5.41) is 23.6. The van der Waals surface area contributed by atoms with Crippen molar-refractivity contribution in [1.82, 2.24) is 9.78 Å². The lowest BCUT2D eigenvalue weighted by Gasteiger charge is -2.16. The van der Waals surface area contributed by atoms with Crippen molar-refractivity contribution >= 4 is 0 Å². The second kappa shape index (κ2) is 7.32. The number of halogens is 2. The van der Waals surface area contributed by atoms with Crippen LogP contribution in [-0.4, -0.2) is 14.9 Å². The maximum Gasteiger partial charge on any atom is 0.285 e. The Balaban J connectivity index is 2.48. The molecule has 1 aromatic carbocycles. The molecule has 5 nitrogen and oxygen atoms in total. The van der Waals surface area contributed by atoms with Gasteiger partial charge in [-0.25, -0.2) is 13.5 Å². The number of aryl methyl sites for hydroxylation is 1. The number of nitrogens with zero attached hydrogens (tertiary/aromatic N) is 3. The molecule has 0 aliphatic heterocycles. The lowest BCUT2D eigenvalue weighted by Crippen LogP contribution is -2.31. The summed E-state index contributed by atoms with van der Waals surface area (Å²) in [7, 11) is 0. The number of nitriles is 1.